The average Bonchev–Trinajstić information content (AvgIpc) is 2.38. The van der Waals surface area contributed by atoms with E-state index in [4.69, 9.17) is 21.6 Å². The fourth-order valence-electron chi connectivity index (χ4n) is 2.16. The molecular formula is C12H15BClNO3. The van der Waals surface area contributed by atoms with Gasteiger partial charge in [-0.15, -0.1) is 0 Å². The van der Waals surface area contributed by atoms with E-state index in [1.165, 1.54) is 12.1 Å². The zero-order valence-corrected chi connectivity index (χ0v) is 10.7. The van der Waals surface area contributed by atoms with Gasteiger partial charge in [-0.2, -0.15) is 0 Å². The lowest BCUT2D eigenvalue weighted by molar-refractivity contribution is 0.0724. The molecule has 1 aliphatic rings. The number of hydrogen-bond donors (Lipinski definition) is 2. The van der Waals surface area contributed by atoms with Crippen LogP contribution in [0.25, 0.3) is 0 Å². The maximum absolute atomic E-state index is 12.2. The van der Waals surface area contributed by atoms with Crippen molar-refractivity contribution in [2.75, 3.05) is 13.1 Å². The van der Waals surface area contributed by atoms with Gasteiger partial charge < -0.3 is 14.9 Å². The normalized spacial score (nSPS) is 15.6. The van der Waals surface area contributed by atoms with E-state index in [2.05, 4.69) is 0 Å². The molecule has 1 aliphatic heterocycles. The van der Waals surface area contributed by atoms with Crippen molar-refractivity contribution in [1.29, 1.82) is 0 Å². The smallest absolute Gasteiger partial charge is 0.423 e. The highest BCUT2D eigenvalue weighted by Crippen LogP contribution is 2.15. The van der Waals surface area contributed by atoms with E-state index in [-0.39, 0.29) is 11.4 Å². The molecule has 18 heavy (non-hydrogen) atoms. The third-order valence-electron chi connectivity index (χ3n) is 3.11. The maximum atomic E-state index is 12.2. The van der Waals surface area contributed by atoms with Gasteiger partial charge >= 0.3 is 7.12 Å². The largest absolute Gasteiger partial charge is 0.488 e. The van der Waals surface area contributed by atoms with Crippen molar-refractivity contribution in [2.45, 2.75) is 19.3 Å². The van der Waals surface area contributed by atoms with Crippen molar-refractivity contribution in [3.8, 4) is 0 Å². The van der Waals surface area contributed by atoms with Crippen LogP contribution < -0.4 is 5.46 Å². The molecule has 4 nitrogen and oxygen atoms in total. The van der Waals surface area contributed by atoms with E-state index in [1.54, 1.807) is 11.0 Å². The molecule has 0 spiro atoms. The Morgan fingerprint density at radius 2 is 1.83 bits per heavy atom. The molecule has 2 rings (SSSR count). The van der Waals surface area contributed by atoms with E-state index < -0.39 is 7.12 Å². The van der Waals surface area contributed by atoms with Crippen LogP contribution in [0.2, 0.25) is 5.02 Å². The molecule has 0 bridgehead atoms. The van der Waals surface area contributed by atoms with Crippen molar-refractivity contribution >= 4 is 30.1 Å². The number of amides is 1. The Morgan fingerprint density at radius 1 is 1.17 bits per heavy atom. The fraction of sp³-hybridized carbons (Fsp3) is 0.417. The Hall–Kier alpha value is -1.04. The molecule has 0 aromatic heterocycles. The fourth-order valence-corrected chi connectivity index (χ4v) is 2.41. The van der Waals surface area contributed by atoms with Gasteiger partial charge in [-0.25, -0.2) is 0 Å². The van der Waals surface area contributed by atoms with Gasteiger partial charge in [0.2, 0.25) is 0 Å². The minimum atomic E-state index is -1.61. The molecule has 0 saturated carbocycles. The Labute approximate surface area is 111 Å². The van der Waals surface area contributed by atoms with Crippen LogP contribution in [-0.2, 0) is 0 Å². The number of carbonyl (C=O) groups is 1. The van der Waals surface area contributed by atoms with Gasteiger partial charge in [-0.1, -0.05) is 11.6 Å². The van der Waals surface area contributed by atoms with Gasteiger partial charge in [-0.05, 0) is 42.9 Å². The summed E-state index contributed by atoms with van der Waals surface area (Å²) >= 11 is 5.88. The zero-order valence-electron chi connectivity index (χ0n) is 9.97. The van der Waals surface area contributed by atoms with Crippen molar-refractivity contribution in [1.82, 2.24) is 4.90 Å². The van der Waals surface area contributed by atoms with Crippen LogP contribution in [0.3, 0.4) is 0 Å². The summed E-state index contributed by atoms with van der Waals surface area (Å²) < 4.78 is 0. The van der Waals surface area contributed by atoms with Crippen molar-refractivity contribution in [3.63, 3.8) is 0 Å². The first kappa shape index (κ1) is 13.4. The van der Waals surface area contributed by atoms with Gasteiger partial charge in [-0.3, -0.25) is 4.79 Å². The Balaban J connectivity index is 2.23. The molecular weight excluding hydrogens is 252 g/mol. The summed E-state index contributed by atoms with van der Waals surface area (Å²) in [7, 11) is -1.61. The topological polar surface area (TPSA) is 60.8 Å². The van der Waals surface area contributed by atoms with Gasteiger partial charge in [0.1, 0.15) is 0 Å². The molecule has 0 unspecified atom stereocenters. The summed E-state index contributed by atoms with van der Waals surface area (Å²) in [5.74, 6) is -0.0981. The molecule has 0 atom stereocenters. The SMILES string of the molecule is O=C(c1cc(Cl)cc(B(O)O)c1)N1CCCCC1. The maximum Gasteiger partial charge on any atom is 0.488 e. The molecule has 0 radical (unpaired) electrons. The predicted molar refractivity (Wildman–Crippen MR) is 71.0 cm³/mol. The number of likely N-dealkylation sites (tertiary alicyclic amines) is 1. The van der Waals surface area contributed by atoms with E-state index in [0.29, 0.717) is 10.6 Å². The van der Waals surface area contributed by atoms with Crippen LogP contribution in [0.15, 0.2) is 18.2 Å². The lowest BCUT2D eigenvalue weighted by Gasteiger charge is -2.27. The third kappa shape index (κ3) is 3.04. The quantitative estimate of drug-likeness (QED) is 0.773. The summed E-state index contributed by atoms with van der Waals surface area (Å²) in [6.07, 6.45) is 3.18. The summed E-state index contributed by atoms with van der Waals surface area (Å²) in [6.45, 7) is 1.50. The van der Waals surface area contributed by atoms with E-state index in [1.807, 2.05) is 0 Å². The number of halogens is 1. The molecule has 96 valence electrons. The molecule has 1 heterocycles. The van der Waals surface area contributed by atoms with Crippen LogP contribution in [-0.4, -0.2) is 41.1 Å². The Bertz CT molecular complexity index is 447. The van der Waals surface area contributed by atoms with Crippen molar-refractivity contribution in [2.24, 2.45) is 0 Å². The number of piperidine rings is 1. The minimum Gasteiger partial charge on any atom is -0.423 e. The zero-order chi connectivity index (χ0) is 13.1. The van der Waals surface area contributed by atoms with E-state index >= 15 is 0 Å². The second-order valence-corrected chi connectivity index (χ2v) is 4.94. The highest BCUT2D eigenvalue weighted by Gasteiger charge is 2.21. The number of nitrogens with zero attached hydrogens (tertiary/aromatic N) is 1. The van der Waals surface area contributed by atoms with Gasteiger partial charge in [0.05, 0.1) is 0 Å². The number of hydrogen-bond acceptors (Lipinski definition) is 3. The van der Waals surface area contributed by atoms with Crippen LogP contribution in [0, 0.1) is 0 Å². The van der Waals surface area contributed by atoms with Gasteiger partial charge in [0.25, 0.3) is 5.91 Å². The first-order chi connectivity index (χ1) is 8.58. The lowest BCUT2D eigenvalue weighted by Crippen LogP contribution is -2.37. The minimum absolute atomic E-state index is 0.0981. The summed E-state index contributed by atoms with van der Waals surface area (Å²) in [4.78, 5) is 14.0. The standard InChI is InChI=1S/C12H15BClNO3/c14-11-7-9(6-10(8-11)13(17)18)12(16)15-4-2-1-3-5-15/h6-8,17-18H,1-5H2. The molecule has 6 heteroatoms. The van der Waals surface area contributed by atoms with Gasteiger partial charge in [0, 0.05) is 23.7 Å². The first-order valence-corrected chi connectivity index (χ1v) is 6.41. The van der Waals surface area contributed by atoms with Crippen molar-refractivity contribution in [3.05, 3.63) is 28.8 Å². The number of carbonyl (C=O) groups excluding carboxylic acids is 1. The third-order valence-corrected chi connectivity index (χ3v) is 3.33. The Kier molecular flexibility index (Phi) is 4.27. The molecule has 0 aliphatic carbocycles. The Morgan fingerprint density at radius 3 is 2.44 bits per heavy atom. The lowest BCUT2D eigenvalue weighted by atomic mass is 9.79. The summed E-state index contributed by atoms with van der Waals surface area (Å²) in [5, 5.41) is 18.6. The van der Waals surface area contributed by atoms with E-state index in [0.717, 1.165) is 32.4 Å². The summed E-state index contributed by atoms with van der Waals surface area (Å²) in [5.41, 5.74) is 0.648. The molecule has 2 N–H and O–H groups in total. The molecule has 1 amide bonds. The molecule has 1 aromatic carbocycles. The highest BCUT2D eigenvalue weighted by atomic mass is 35.5. The van der Waals surface area contributed by atoms with Crippen LogP contribution >= 0.6 is 11.6 Å². The second kappa shape index (κ2) is 5.74. The number of rotatable bonds is 2. The van der Waals surface area contributed by atoms with Crippen LogP contribution in [0.5, 0.6) is 0 Å². The first-order valence-electron chi connectivity index (χ1n) is 6.04. The van der Waals surface area contributed by atoms with Crippen molar-refractivity contribution < 1.29 is 14.8 Å². The average molecular weight is 268 g/mol. The predicted octanol–water partition coefficient (Wildman–Crippen LogP) is 0.646. The van der Waals surface area contributed by atoms with Crippen LogP contribution in [0.1, 0.15) is 29.6 Å². The molecule has 1 fully saturated rings. The highest BCUT2D eigenvalue weighted by molar-refractivity contribution is 6.59. The number of benzene rings is 1. The molecule has 1 aromatic rings. The summed E-state index contributed by atoms with van der Waals surface area (Å²) in [6, 6.07) is 4.48. The van der Waals surface area contributed by atoms with E-state index in [9.17, 15) is 4.79 Å². The van der Waals surface area contributed by atoms with Gasteiger partial charge in [0.15, 0.2) is 0 Å². The second-order valence-electron chi connectivity index (χ2n) is 4.50. The van der Waals surface area contributed by atoms with Crippen LogP contribution in [0.4, 0.5) is 0 Å². The molecule has 1 saturated heterocycles. The monoisotopic (exact) mass is 267 g/mol.